The van der Waals surface area contributed by atoms with Crippen molar-refractivity contribution in [3.8, 4) is 0 Å². The van der Waals surface area contributed by atoms with Crippen LogP contribution in [0.4, 0.5) is 0 Å². The fraction of sp³-hybridized carbons (Fsp3) is 0.471. The van der Waals surface area contributed by atoms with Crippen molar-refractivity contribution in [3.63, 3.8) is 0 Å². The van der Waals surface area contributed by atoms with Crippen LogP contribution >= 0.6 is 0 Å². The van der Waals surface area contributed by atoms with E-state index >= 15 is 0 Å². The van der Waals surface area contributed by atoms with Gasteiger partial charge in [-0.2, -0.15) is 0 Å². The molecule has 1 aliphatic rings. The minimum absolute atomic E-state index is 0.107. The van der Waals surface area contributed by atoms with Gasteiger partial charge in [-0.1, -0.05) is 18.2 Å². The van der Waals surface area contributed by atoms with Crippen molar-refractivity contribution in [2.24, 2.45) is 0 Å². The van der Waals surface area contributed by atoms with Gasteiger partial charge in [0.1, 0.15) is 0 Å². The molecule has 1 aromatic heterocycles. The highest BCUT2D eigenvalue weighted by Gasteiger charge is 2.15. The number of aromatic nitrogens is 1. The van der Waals surface area contributed by atoms with E-state index in [1.165, 1.54) is 0 Å². The number of hydrogen-bond acceptors (Lipinski definition) is 3. The predicted octanol–water partition coefficient (Wildman–Crippen LogP) is 2.29. The van der Waals surface area contributed by atoms with Crippen molar-refractivity contribution in [2.45, 2.75) is 39.0 Å². The first-order valence-corrected chi connectivity index (χ1v) is 7.73. The Kier molecular flexibility index (Phi) is 4.36. The van der Waals surface area contributed by atoms with E-state index < -0.39 is 0 Å². The van der Waals surface area contributed by atoms with Crippen LogP contribution in [0.5, 0.6) is 0 Å². The number of rotatable bonds is 5. The quantitative estimate of drug-likeness (QED) is 0.917. The third-order valence-corrected chi connectivity index (χ3v) is 4.10. The number of para-hydroxylation sites is 1. The van der Waals surface area contributed by atoms with Gasteiger partial charge in [0.15, 0.2) is 0 Å². The fourth-order valence-electron chi connectivity index (χ4n) is 3.00. The Labute approximate surface area is 124 Å². The molecule has 0 spiro atoms. The molecule has 2 aromatic rings. The summed E-state index contributed by atoms with van der Waals surface area (Å²) in [5.74, 6) is 0. The molecule has 1 N–H and O–H groups in total. The minimum atomic E-state index is 0.107. The standard InChI is InChI=1S/C17H22N2O2/c1-2-19-16-8-4-3-6-13(16)10-14(17(19)20)11-18-12-15-7-5-9-21-15/h3-4,6,8,10,15,18H,2,5,7,9,11-12H2,1H3. The Balaban J connectivity index is 1.81. The Bertz CT molecular complexity index is 672. The maximum atomic E-state index is 12.5. The summed E-state index contributed by atoms with van der Waals surface area (Å²) >= 11 is 0. The molecule has 112 valence electrons. The molecule has 1 saturated heterocycles. The van der Waals surface area contributed by atoms with Crippen LogP contribution in [0, 0.1) is 0 Å². The van der Waals surface area contributed by atoms with E-state index in [2.05, 4.69) is 11.4 Å². The lowest BCUT2D eigenvalue weighted by atomic mass is 10.1. The van der Waals surface area contributed by atoms with E-state index in [1.807, 2.05) is 35.8 Å². The van der Waals surface area contributed by atoms with Gasteiger partial charge in [0.05, 0.1) is 11.6 Å². The van der Waals surface area contributed by atoms with Gasteiger partial charge in [-0.3, -0.25) is 4.79 Å². The van der Waals surface area contributed by atoms with Crippen LogP contribution in [0.1, 0.15) is 25.3 Å². The first-order valence-electron chi connectivity index (χ1n) is 7.73. The average molecular weight is 286 g/mol. The van der Waals surface area contributed by atoms with Crippen LogP contribution in [0.3, 0.4) is 0 Å². The van der Waals surface area contributed by atoms with Crippen LogP contribution in [0.15, 0.2) is 35.1 Å². The highest BCUT2D eigenvalue weighted by atomic mass is 16.5. The molecule has 1 aromatic carbocycles. The van der Waals surface area contributed by atoms with Crippen LogP contribution in [0.25, 0.3) is 10.9 Å². The van der Waals surface area contributed by atoms with E-state index in [1.54, 1.807) is 0 Å². The molecule has 1 unspecified atom stereocenters. The summed E-state index contributed by atoms with van der Waals surface area (Å²) in [5, 5.41) is 4.48. The molecule has 4 heteroatoms. The maximum absolute atomic E-state index is 12.5. The van der Waals surface area contributed by atoms with E-state index in [4.69, 9.17) is 4.74 Å². The van der Waals surface area contributed by atoms with Crippen molar-refractivity contribution in [1.82, 2.24) is 9.88 Å². The zero-order valence-electron chi connectivity index (χ0n) is 12.5. The normalized spacial score (nSPS) is 18.4. The molecule has 4 nitrogen and oxygen atoms in total. The Morgan fingerprint density at radius 1 is 1.38 bits per heavy atom. The molecular weight excluding hydrogens is 264 g/mol. The first kappa shape index (κ1) is 14.3. The summed E-state index contributed by atoms with van der Waals surface area (Å²) in [6.45, 7) is 4.99. The van der Waals surface area contributed by atoms with Gasteiger partial charge in [0.2, 0.25) is 0 Å². The lowest BCUT2D eigenvalue weighted by Gasteiger charge is -2.13. The van der Waals surface area contributed by atoms with Crippen molar-refractivity contribution >= 4 is 10.9 Å². The predicted molar refractivity (Wildman–Crippen MR) is 84.6 cm³/mol. The summed E-state index contributed by atoms with van der Waals surface area (Å²) < 4.78 is 7.44. The second-order valence-electron chi connectivity index (χ2n) is 5.54. The lowest BCUT2D eigenvalue weighted by Crippen LogP contribution is -2.30. The van der Waals surface area contributed by atoms with Crippen LogP contribution in [-0.4, -0.2) is 23.8 Å². The van der Waals surface area contributed by atoms with Gasteiger partial charge in [0, 0.05) is 31.8 Å². The van der Waals surface area contributed by atoms with Gasteiger partial charge in [-0.25, -0.2) is 0 Å². The van der Waals surface area contributed by atoms with Gasteiger partial charge in [0.25, 0.3) is 5.56 Å². The summed E-state index contributed by atoms with van der Waals surface area (Å²) in [4.78, 5) is 12.5. The number of aryl methyl sites for hydroxylation is 1. The SMILES string of the molecule is CCn1c(=O)c(CNCC2CCCO2)cc2ccccc21. The van der Waals surface area contributed by atoms with E-state index in [0.717, 1.165) is 42.5 Å². The highest BCUT2D eigenvalue weighted by Crippen LogP contribution is 2.14. The molecule has 0 bridgehead atoms. The number of nitrogens with zero attached hydrogens (tertiary/aromatic N) is 1. The lowest BCUT2D eigenvalue weighted by molar-refractivity contribution is 0.110. The summed E-state index contributed by atoms with van der Waals surface area (Å²) in [7, 11) is 0. The third kappa shape index (κ3) is 3.01. The first-order chi connectivity index (χ1) is 10.3. The Hall–Kier alpha value is -1.65. The van der Waals surface area contributed by atoms with Crippen molar-refractivity contribution in [2.75, 3.05) is 13.2 Å². The van der Waals surface area contributed by atoms with Crippen molar-refractivity contribution < 1.29 is 4.74 Å². The largest absolute Gasteiger partial charge is 0.377 e. The Morgan fingerprint density at radius 2 is 2.24 bits per heavy atom. The number of hydrogen-bond donors (Lipinski definition) is 1. The topological polar surface area (TPSA) is 43.3 Å². The Morgan fingerprint density at radius 3 is 3.00 bits per heavy atom. The van der Waals surface area contributed by atoms with E-state index in [9.17, 15) is 4.79 Å². The molecule has 0 aliphatic carbocycles. The number of nitrogens with one attached hydrogen (secondary N) is 1. The number of pyridine rings is 1. The van der Waals surface area contributed by atoms with Crippen molar-refractivity contribution in [1.29, 1.82) is 0 Å². The molecule has 0 radical (unpaired) electrons. The molecule has 3 rings (SSSR count). The van der Waals surface area contributed by atoms with Gasteiger partial charge in [-0.15, -0.1) is 0 Å². The second-order valence-corrected chi connectivity index (χ2v) is 5.54. The zero-order chi connectivity index (χ0) is 14.7. The summed E-state index contributed by atoms with van der Waals surface area (Å²) in [6.07, 6.45) is 2.56. The molecule has 1 aliphatic heterocycles. The fourth-order valence-corrected chi connectivity index (χ4v) is 3.00. The van der Waals surface area contributed by atoms with Gasteiger partial charge < -0.3 is 14.6 Å². The number of fused-ring (bicyclic) bond motifs is 1. The van der Waals surface area contributed by atoms with Crippen LogP contribution in [0.2, 0.25) is 0 Å². The monoisotopic (exact) mass is 286 g/mol. The van der Waals surface area contributed by atoms with Crippen LogP contribution < -0.4 is 10.9 Å². The van der Waals surface area contributed by atoms with Crippen molar-refractivity contribution in [3.05, 3.63) is 46.2 Å². The van der Waals surface area contributed by atoms with E-state index in [-0.39, 0.29) is 5.56 Å². The third-order valence-electron chi connectivity index (χ3n) is 4.10. The highest BCUT2D eigenvalue weighted by molar-refractivity contribution is 5.79. The second kappa shape index (κ2) is 6.41. The number of ether oxygens (including phenoxy) is 1. The summed E-state index contributed by atoms with van der Waals surface area (Å²) in [5.41, 5.74) is 1.94. The molecule has 2 heterocycles. The summed E-state index contributed by atoms with van der Waals surface area (Å²) in [6, 6.07) is 10.1. The van der Waals surface area contributed by atoms with Gasteiger partial charge in [-0.05, 0) is 37.3 Å². The molecule has 0 amide bonds. The number of benzene rings is 1. The average Bonchev–Trinajstić information content (AvgIpc) is 3.01. The van der Waals surface area contributed by atoms with E-state index in [0.29, 0.717) is 19.2 Å². The molecule has 1 atom stereocenters. The molecule has 0 saturated carbocycles. The van der Waals surface area contributed by atoms with Gasteiger partial charge >= 0.3 is 0 Å². The van der Waals surface area contributed by atoms with Crippen LogP contribution in [-0.2, 0) is 17.8 Å². The molecular formula is C17H22N2O2. The smallest absolute Gasteiger partial charge is 0.255 e. The maximum Gasteiger partial charge on any atom is 0.255 e. The molecule has 21 heavy (non-hydrogen) atoms. The minimum Gasteiger partial charge on any atom is -0.377 e. The molecule has 1 fully saturated rings. The zero-order valence-corrected chi connectivity index (χ0v) is 12.5.